The van der Waals surface area contributed by atoms with Crippen molar-refractivity contribution in [2.45, 2.75) is 25.7 Å². The number of fused-ring (bicyclic) bond motifs is 1. The third kappa shape index (κ3) is 3.68. The van der Waals surface area contributed by atoms with E-state index in [1.165, 1.54) is 24.4 Å². The first-order valence-corrected chi connectivity index (χ1v) is 9.28. The molecule has 1 saturated carbocycles. The Morgan fingerprint density at radius 1 is 1.32 bits per heavy atom. The summed E-state index contributed by atoms with van der Waals surface area (Å²) in [5.74, 6) is 2.72. The lowest BCUT2D eigenvalue weighted by Gasteiger charge is -2.20. The fourth-order valence-corrected chi connectivity index (χ4v) is 3.48. The molecule has 0 unspecified atom stereocenters. The predicted octanol–water partition coefficient (Wildman–Crippen LogP) is 2.65. The van der Waals surface area contributed by atoms with Crippen LogP contribution in [0.5, 0.6) is 11.5 Å². The zero-order chi connectivity index (χ0) is 17.2. The molecule has 0 radical (unpaired) electrons. The van der Waals surface area contributed by atoms with Crippen LogP contribution in [0.1, 0.15) is 31.5 Å². The Labute approximate surface area is 150 Å². The number of ether oxygens (including phenoxy) is 2. The van der Waals surface area contributed by atoms with Gasteiger partial charge < -0.3 is 19.7 Å². The zero-order valence-corrected chi connectivity index (χ0v) is 14.8. The summed E-state index contributed by atoms with van der Waals surface area (Å²) in [7, 11) is 0. The highest BCUT2D eigenvalue weighted by Crippen LogP contribution is 2.39. The first-order chi connectivity index (χ1) is 12.2. The van der Waals surface area contributed by atoms with Crippen molar-refractivity contribution in [2.75, 3.05) is 36.5 Å². The van der Waals surface area contributed by atoms with Crippen molar-refractivity contribution in [3.05, 3.63) is 24.0 Å². The van der Waals surface area contributed by atoms with Crippen molar-refractivity contribution < 1.29 is 14.3 Å². The van der Waals surface area contributed by atoms with Gasteiger partial charge in [0.05, 0.1) is 6.54 Å². The van der Waals surface area contributed by atoms with E-state index in [4.69, 9.17) is 9.47 Å². The van der Waals surface area contributed by atoms with Crippen LogP contribution >= 0.6 is 11.5 Å². The minimum Gasteiger partial charge on any atom is -0.486 e. The van der Waals surface area contributed by atoms with Crippen LogP contribution in [0.15, 0.2) is 18.2 Å². The molecule has 1 aromatic heterocycles. The molecule has 2 heterocycles. The minimum atomic E-state index is -0.0956. The van der Waals surface area contributed by atoms with Gasteiger partial charge in [0.15, 0.2) is 11.5 Å². The summed E-state index contributed by atoms with van der Waals surface area (Å²) in [6.07, 6.45) is 2.35. The quantitative estimate of drug-likeness (QED) is 0.853. The highest BCUT2D eigenvalue weighted by atomic mass is 32.1. The fourth-order valence-electron chi connectivity index (χ4n) is 2.67. The van der Waals surface area contributed by atoms with Crippen LogP contribution in [0, 0.1) is 0 Å². The highest BCUT2D eigenvalue weighted by Gasteiger charge is 2.28. The van der Waals surface area contributed by atoms with Gasteiger partial charge in [-0.1, -0.05) is 0 Å². The Balaban J connectivity index is 1.39. The van der Waals surface area contributed by atoms with E-state index in [0.29, 0.717) is 42.9 Å². The van der Waals surface area contributed by atoms with E-state index >= 15 is 0 Å². The molecule has 132 valence electrons. The van der Waals surface area contributed by atoms with Crippen molar-refractivity contribution in [1.82, 2.24) is 9.36 Å². The van der Waals surface area contributed by atoms with Crippen LogP contribution < -0.4 is 19.7 Å². The van der Waals surface area contributed by atoms with Crippen molar-refractivity contribution in [2.24, 2.45) is 0 Å². The normalized spacial score (nSPS) is 15.7. The second kappa shape index (κ2) is 6.87. The standard InChI is InChI=1S/C17H20N4O3S/c1-2-21(17-19-16(20-25-17)11-3-4-11)10-15(22)18-12-5-6-13-14(9-12)24-8-7-23-13/h5-6,9,11H,2-4,7-8,10H2,1H3,(H,18,22). The Kier molecular flexibility index (Phi) is 4.44. The highest BCUT2D eigenvalue weighted by molar-refractivity contribution is 7.09. The number of benzene rings is 1. The van der Waals surface area contributed by atoms with Gasteiger partial charge in [-0.15, -0.1) is 0 Å². The van der Waals surface area contributed by atoms with E-state index in [1.54, 1.807) is 6.07 Å². The molecule has 25 heavy (non-hydrogen) atoms. The van der Waals surface area contributed by atoms with Crippen LogP contribution in [0.25, 0.3) is 0 Å². The SMILES string of the molecule is CCN(CC(=O)Nc1ccc2c(c1)OCCO2)c1nc(C2CC2)ns1. The van der Waals surface area contributed by atoms with Crippen molar-refractivity contribution in [3.63, 3.8) is 0 Å². The molecule has 8 heteroatoms. The molecule has 7 nitrogen and oxygen atoms in total. The molecule has 2 aliphatic rings. The van der Waals surface area contributed by atoms with Gasteiger partial charge in [-0.05, 0) is 31.9 Å². The maximum absolute atomic E-state index is 12.4. The van der Waals surface area contributed by atoms with Gasteiger partial charge in [0.25, 0.3) is 0 Å². The number of anilines is 2. The average molecular weight is 360 g/mol. The largest absolute Gasteiger partial charge is 0.486 e. The molecule has 1 amide bonds. The summed E-state index contributed by atoms with van der Waals surface area (Å²) in [6.45, 7) is 4.02. The molecule has 1 fully saturated rings. The number of amides is 1. The lowest BCUT2D eigenvalue weighted by molar-refractivity contribution is -0.115. The fraction of sp³-hybridized carbons (Fsp3) is 0.471. The van der Waals surface area contributed by atoms with Crippen LogP contribution in [0.2, 0.25) is 0 Å². The Hall–Kier alpha value is -2.35. The molecule has 1 aliphatic heterocycles. The zero-order valence-electron chi connectivity index (χ0n) is 14.0. The van der Waals surface area contributed by atoms with Gasteiger partial charge in [-0.25, -0.2) is 4.98 Å². The first kappa shape index (κ1) is 16.1. The lowest BCUT2D eigenvalue weighted by atomic mass is 10.2. The Bertz CT molecular complexity index is 775. The van der Waals surface area contributed by atoms with Gasteiger partial charge in [0, 0.05) is 35.7 Å². The molecule has 0 saturated heterocycles. The summed E-state index contributed by atoms with van der Waals surface area (Å²) in [5.41, 5.74) is 0.696. The number of aromatic nitrogens is 2. The second-order valence-electron chi connectivity index (χ2n) is 6.13. The molecular formula is C17H20N4O3S. The number of rotatable bonds is 6. The topological polar surface area (TPSA) is 76.6 Å². The summed E-state index contributed by atoms with van der Waals surface area (Å²) < 4.78 is 15.4. The summed E-state index contributed by atoms with van der Waals surface area (Å²) in [5, 5.41) is 3.72. The molecule has 1 aromatic carbocycles. The molecular weight excluding hydrogens is 340 g/mol. The van der Waals surface area contributed by atoms with Crippen LogP contribution in [0.4, 0.5) is 10.8 Å². The van der Waals surface area contributed by atoms with E-state index in [2.05, 4.69) is 14.7 Å². The average Bonchev–Trinajstić information content (AvgIpc) is 3.37. The van der Waals surface area contributed by atoms with Crippen molar-refractivity contribution >= 4 is 28.3 Å². The lowest BCUT2D eigenvalue weighted by Crippen LogP contribution is -2.33. The third-order valence-corrected chi connectivity index (χ3v) is 4.98. The molecule has 1 aliphatic carbocycles. The van der Waals surface area contributed by atoms with Gasteiger partial charge in [0.1, 0.15) is 19.0 Å². The van der Waals surface area contributed by atoms with Crippen molar-refractivity contribution in [3.8, 4) is 11.5 Å². The third-order valence-electron chi connectivity index (χ3n) is 4.19. The summed E-state index contributed by atoms with van der Waals surface area (Å²) >= 11 is 1.37. The van der Waals surface area contributed by atoms with Crippen LogP contribution in [-0.2, 0) is 4.79 Å². The number of carbonyl (C=O) groups is 1. The first-order valence-electron chi connectivity index (χ1n) is 8.51. The maximum Gasteiger partial charge on any atom is 0.243 e. The monoisotopic (exact) mass is 360 g/mol. The Morgan fingerprint density at radius 3 is 2.88 bits per heavy atom. The van der Waals surface area contributed by atoms with E-state index in [0.717, 1.165) is 11.0 Å². The summed E-state index contributed by atoms with van der Waals surface area (Å²) in [4.78, 5) is 18.9. The van der Waals surface area contributed by atoms with Gasteiger partial charge in [-0.2, -0.15) is 4.37 Å². The number of hydrogen-bond donors (Lipinski definition) is 1. The second-order valence-corrected chi connectivity index (χ2v) is 6.86. The van der Waals surface area contributed by atoms with Gasteiger partial charge in [-0.3, -0.25) is 4.79 Å². The number of nitrogens with zero attached hydrogens (tertiary/aromatic N) is 3. The van der Waals surface area contributed by atoms with Gasteiger partial charge in [0.2, 0.25) is 11.0 Å². The smallest absolute Gasteiger partial charge is 0.243 e. The van der Waals surface area contributed by atoms with E-state index < -0.39 is 0 Å². The van der Waals surface area contributed by atoms with E-state index in [-0.39, 0.29) is 12.5 Å². The minimum absolute atomic E-state index is 0.0956. The van der Waals surface area contributed by atoms with E-state index in [9.17, 15) is 4.79 Å². The molecule has 4 rings (SSSR count). The summed E-state index contributed by atoms with van der Waals surface area (Å²) in [6, 6.07) is 5.42. The molecule has 0 bridgehead atoms. The number of likely N-dealkylation sites (N-methyl/N-ethyl adjacent to an activating group) is 1. The molecule has 0 spiro atoms. The van der Waals surface area contributed by atoms with Gasteiger partial charge >= 0.3 is 0 Å². The van der Waals surface area contributed by atoms with E-state index in [1.807, 2.05) is 24.0 Å². The Morgan fingerprint density at radius 2 is 2.12 bits per heavy atom. The predicted molar refractivity (Wildman–Crippen MR) is 95.8 cm³/mol. The number of carbonyl (C=O) groups excluding carboxylic acids is 1. The number of hydrogen-bond acceptors (Lipinski definition) is 7. The number of nitrogens with one attached hydrogen (secondary N) is 1. The van der Waals surface area contributed by atoms with Crippen LogP contribution in [0.3, 0.4) is 0 Å². The van der Waals surface area contributed by atoms with Crippen LogP contribution in [-0.4, -0.2) is 41.6 Å². The maximum atomic E-state index is 12.4. The molecule has 0 atom stereocenters. The molecule has 2 aromatic rings. The molecule has 1 N–H and O–H groups in total. The van der Waals surface area contributed by atoms with Crippen molar-refractivity contribution in [1.29, 1.82) is 0 Å².